The molecular formula is C22H20F3N3O3. The highest BCUT2D eigenvalue weighted by Crippen LogP contribution is 2.49. The quantitative estimate of drug-likeness (QED) is 0.699. The first kappa shape index (κ1) is 20.0. The number of hydrazine groups is 1. The zero-order valence-corrected chi connectivity index (χ0v) is 16.7. The van der Waals surface area contributed by atoms with E-state index in [1.807, 2.05) is 17.1 Å². The summed E-state index contributed by atoms with van der Waals surface area (Å²) in [5.41, 5.74) is -0.0668. The monoisotopic (exact) mass is 431 g/mol. The van der Waals surface area contributed by atoms with Gasteiger partial charge in [-0.25, -0.2) is 14.9 Å². The predicted molar refractivity (Wildman–Crippen MR) is 105 cm³/mol. The Balaban J connectivity index is 1.55. The maximum absolute atomic E-state index is 13.4. The van der Waals surface area contributed by atoms with E-state index in [0.29, 0.717) is 18.8 Å². The highest BCUT2D eigenvalue weighted by atomic mass is 19.4. The van der Waals surface area contributed by atoms with E-state index in [1.165, 1.54) is 12.1 Å². The number of nitrogens with zero attached hydrogens (tertiary/aromatic N) is 3. The summed E-state index contributed by atoms with van der Waals surface area (Å²) in [5, 5.41) is 3.96. The lowest BCUT2D eigenvalue weighted by atomic mass is 9.90. The zero-order valence-electron chi connectivity index (χ0n) is 16.7. The van der Waals surface area contributed by atoms with Crippen molar-refractivity contribution in [2.45, 2.75) is 24.7 Å². The van der Waals surface area contributed by atoms with Crippen LogP contribution in [0.2, 0.25) is 0 Å². The van der Waals surface area contributed by atoms with Gasteiger partial charge in [-0.3, -0.25) is 9.59 Å². The fourth-order valence-corrected chi connectivity index (χ4v) is 4.99. The summed E-state index contributed by atoms with van der Waals surface area (Å²) in [6.45, 7) is 1.34. The molecule has 0 radical (unpaired) electrons. The van der Waals surface area contributed by atoms with E-state index < -0.39 is 35.5 Å². The molecule has 0 saturated carbocycles. The van der Waals surface area contributed by atoms with Crippen LogP contribution in [0, 0.1) is 5.92 Å². The third-order valence-electron chi connectivity index (χ3n) is 6.29. The summed E-state index contributed by atoms with van der Waals surface area (Å²) in [6.07, 6.45) is -3.71. The highest BCUT2D eigenvalue weighted by Gasteiger charge is 2.62. The fraction of sp³-hybridized carbons (Fsp3) is 0.364. The Bertz CT molecular complexity index is 1040. The molecular weight excluding hydrogens is 411 g/mol. The lowest BCUT2D eigenvalue weighted by Crippen LogP contribution is -2.44. The molecule has 3 saturated heterocycles. The second-order valence-corrected chi connectivity index (χ2v) is 7.93. The van der Waals surface area contributed by atoms with E-state index in [4.69, 9.17) is 4.74 Å². The largest absolute Gasteiger partial charge is 0.497 e. The molecule has 31 heavy (non-hydrogen) atoms. The van der Waals surface area contributed by atoms with Crippen molar-refractivity contribution >= 4 is 17.5 Å². The number of anilines is 1. The molecule has 2 aromatic rings. The van der Waals surface area contributed by atoms with Crippen molar-refractivity contribution in [2.75, 3.05) is 25.1 Å². The summed E-state index contributed by atoms with van der Waals surface area (Å²) < 4.78 is 44.8. The summed E-state index contributed by atoms with van der Waals surface area (Å²) in [5.74, 6) is -0.950. The molecule has 2 aromatic carbocycles. The zero-order chi connectivity index (χ0) is 21.9. The number of imide groups is 1. The highest BCUT2D eigenvalue weighted by molar-refractivity contribution is 6.24. The van der Waals surface area contributed by atoms with Crippen LogP contribution in [-0.2, 0) is 15.8 Å². The molecule has 2 amide bonds. The summed E-state index contributed by atoms with van der Waals surface area (Å²) in [4.78, 5) is 27.7. The third-order valence-corrected chi connectivity index (χ3v) is 6.29. The fourth-order valence-electron chi connectivity index (χ4n) is 4.99. The molecule has 0 unspecified atom stereocenters. The Morgan fingerprint density at radius 1 is 0.935 bits per heavy atom. The normalized spacial score (nSPS) is 26.5. The Labute approximate surface area is 176 Å². The van der Waals surface area contributed by atoms with Crippen molar-refractivity contribution < 1.29 is 27.5 Å². The van der Waals surface area contributed by atoms with Gasteiger partial charge in [0.1, 0.15) is 11.8 Å². The third kappa shape index (κ3) is 3.02. The molecule has 3 aliphatic rings. The number of methoxy groups -OCH3 is 1. The molecule has 9 heteroatoms. The first-order chi connectivity index (χ1) is 14.8. The summed E-state index contributed by atoms with van der Waals surface area (Å²) in [6, 6.07) is 10.6. The van der Waals surface area contributed by atoms with Crippen molar-refractivity contribution in [1.29, 1.82) is 0 Å². The minimum absolute atomic E-state index is 0.0431. The lowest BCUT2D eigenvalue weighted by molar-refractivity contribution is -0.137. The average Bonchev–Trinajstić information content (AvgIpc) is 3.40. The van der Waals surface area contributed by atoms with Gasteiger partial charge in [0, 0.05) is 13.1 Å². The topological polar surface area (TPSA) is 53.1 Å². The van der Waals surface area contributed by atoms with E-state index in [0.717, 1.165) is 29.0 Å². The van der Waals surface area contributed by atoms with Crippen molar-refractivity contribution in [2.24, 2.45) is 5.92 Å². The second-order valence-electron chi connectivity index (χ2n) is 7.93. The molecule has 0 N–H and O–H groups in total. The van der Waals surface area contributed by atoms with Gasteiger partial charge in [-0.05, 0) is 42.3 Å². The second kappa shape index (κ2) is 7.06. The minimum atomic E-state index is -4.56. The minimum Gasteiger partial charge on any atom is -0.497 e. The Morgan fingerprint density at radius 3 is 2.26 bits per heavy atom. The van der Waals surface area contributed by atoms with Crippen LogP contribution in [-0.4, -0.2) is 48.1 Å². The molecule has 6 nitrogen and oxygen atoms in total. The van der Waals surface area contributed by atoms with Crippen LogP contribution < -0.4 is 9.64 Å². The number of carbonyl (C=O) groups excluding carboxylic acids is 2. The van der Waals surface area contributed by atoms with Crippen molar-refractivity contribution in [1.82, 2.24) is 10.0 Å². The van der Waals surface area contributed by atoms with Gasteiger partial charge in [-0.15, -0.1) is 0 Å². The van der Waals surface area contributed by atoms with E-state index in [1.54, 1.807) is 19.2 Å². The van der Waals surface area contributed by atoms with Crippen LogP contribution >= 0.6 is 0 Å². The number of halogens is 3. The molecule has 0 spiro atoms. The Hall–Kier alpha value is -2.91. The van der Waals surface area contributed by atoms with Crippen LogP contribution in [0.4, 0.5) is 18.9 Å². The van der Waals surface area contributed by atoms with Gasteiger partial charge in [0.15, 0.2) is 0 Å². The van der Waals surface area contributed by atoms with Gasteiger partial charge in [0.25, 0.3) is 5.91 Å². The Kier molecular flexibility index (Phi) is 4.56. The molecule has 0 bridgehead atoms. The van der Waals surface area contributed by atoms with Crippen molar-refractivity contribution in [3.8, 4) is 5.75 Å². The van der Waals surface area contributed by atoms with Gasteiger partial charge in [0.2, 0.25) is 5.91 Å². The van der Waals surface area contributed by atoms with E-state index >= 15 is 0 Å². The van der Waals surface area contributed by atoms with E-state index in [9.17, 15) is 22.8 Å². The number of benzene rings is 2. The summed E-state index contributed by atoms with van der Waals surface area (Å²) in [7, 11) is 1.56. The SMILES string of the molecule is COc1ccc([C@@H]2[C@@H]3C(=O)N(c4cccc(C(F)(F)F)c4)C(=O)[C@@H]3N3CCCN23)cc1. The maximum Gasteiger partial charge on any atom is 0.416 e. The number of carbonyl (C=O) groups is 2. The van der Waals surface area contributed by atoms with Crippen molar-refractivity contribution in [3.63, 3.8) is 0 Å². The van der Waals surface area contributed by atoms with Crippen LogP contribution in [0.25, 0.3) is 0 Å². The average molecular weight is 431 g/mol. The van der Waals surface area contributed by atoms with Gasteiger partial charge < -0.3 is 4.74 Å². The molecule has 162 valence electrons. The first-order valence-corrected chi connectivity index (χ1v) is 10.0. The van der Waals surface area contributed by atoms with Crippen molar-refractivity contribution in [3.05, 3.63) is 59.7 Å². The molecule has 0 aromatic heterocycles. The number of hydrogen-bond acceptors (Lipinski definition) is 5. The number of ether oxygens (including phenoxy) is 1. The standard InChI is InChI=1S/C22H20F3N3O3/c1-31-16-8-6-13(7-9-16)18-17-19(27-11-3-10-26(18)27)21(30)28(20(17)29)15-5-2-4-14(12-15)22(23,24)25/h2,4-9,12,17-19H,3,10-11H2,1H3/t17-,18+,19+/m0/s1. The molecule has 0 aliphatic carbocycles. The van der Waals surface area contributed by atoms with Crippen LogP contribution in [0.3, 0.4) is 0 Å². The van der Waals surface area contributed by atoms with Gasteiger partial charge in [0.05, 0.1) is 30.3 Å². The maximum atomic E-state index is 13.4. The lowest BCUT2D eigenvalue weighted by Gasteiger charge is -2.30. The molecule has 3 heterocycles. The predicted octanol–water partition coefficient (Wildman–Crippen LogP) is 3.25. The van der Waals surface area contributed by atoms with Crippen LogP contribution in [0.5, 0.6) is 5.75 Å². The molecule has 3 atom stereocenters. The van der Waals surface area contributed by atoms with E-state index in [-0.39, 0.29) is 11.7 Å². The summed E-state index contributed by atoms with van der Waals surface area (Å²) >= 11 is 0. The van der Waals surface area contributed by atoms with Crippen LogP contribution in [0.15, 0.2) is 48.5 Å². The number of amides is 2. The van der Waals surface area contributed by atoms with Gasteiger partial charge >= 0.3 is 6.18 Å². The molecule has 3 fully saturated rings. The number of rotatable bonds is 3. The Morgan fingerprint density at radius 2 is 1.61 bits per heavy atom. The number of alkyl halides is 3. The van der Waals surface area contributed by atoms with Gasteiger partial charge in [-0.2, -0.15) is 13.2 Å². The number of hydrogen-bond donors (Lipinski definition) is 0. The molecule has 3 aliphatic heterocycles. The van der Waals surface area contributed by atoms with E-state index in [2.05, 4.69) is 5.01 Å². The molecule has 5 rings (SSSR count). The van der Waals surface area contributed by atoms with Crippen LogP contribution in [0.1, 0.15) is 23.6 Å². The van der Waals surface area contributed by atoms with Gasteiger partial charge in [-0.1, -0.05) is 18.2 Å². The smallest absolute Gasteiger partial charge is 0.416 e. The number of fused-ring (bicyclic) bond motifs is 3. The first-order valence-electron chi connectivity index (χ1n) is 10.0.